The molecule has 1 saturated heterocycles. The molecule has 0 aliphatic carbocycles. The van der Waals surface area contributed by atoms with E-state index in [4.69, 9.17) is 0 Å². The van der Waals surface area contributed by atoms with E-state index in [0.717, 1.165) is 19.3 Å². The van der Waals surface area contributed by atoms with Crippen LogP contribution in [-0.4, -0.2) is 31.6 Å². The van der Waals surface area contributed by atoms with Crippen LogP contribution in [0.15, 0.2) is 0 Å². The van der Waals surface area contributed by atoms with Crippen molar-refractivity contribution in [3.63, 3.8) is 0 Å². The number of piperidine rings is 1. The number of hydrogen-bond donors (Lipinski definition) is 0. The molecule has 2 atom stereocenters. The third kappa shape index (κ3) is 2.77. The molecular weight excluding hydrogens is 222 g/mol. The van der Waals surface area contributed by atoms with E-state index >= 15 is 0 Å². The molecule has 3 nitrogen and oxygen atoms in total. The molecule has 1 rings (SSSR count). The van der Waals surface area contributed by atoms with Gasteiger partial charge in [0.15, 0.2) is 0 Å². The van der Waals surface area contributed by atoms with Crippen molar-refractivity contribution in [3.8, 4) is 0 Å². The molecule has 0 bridgehead atoms. The molecule has 16 heavy (non-hydrogen) atoms. The summed E-state index contributed by atoms with van der Waals surface area (Å²) in [6.45, 7) is 9.80. The highest BCUT2D eigenvalue weighted by Gasteiger charge is 2.38. The van der Waals surface area contributed by atoms with Crippen LogP contribution in [0.2, 0.25) is 0 Å². The SMILES string of the molecule is CCC(C)C1(C)CCCN(S(=O)(=O)CC)C1. The average molecular weight is 247 g/mol. The van der Waals surface area contributed by atoms with Crippen LogP contribution in [0.5, 0.6) is 0 Å². The van der Waals surface area contributed by atoms with Crippen LogP contribution in [0.4, 0.5) is 0 Å². The van der Waals surface area contributed by atoms with Crippen LogP contribution in [0, 0.1) is 11.3 Å². The van der Waals surface area contributed by atoms with E-state index in [0.29, 0.717) is 19.0 Å². The van der Waals surface area contributed by atoms with Gasteiger partial charge in [0.05, 0.1) is 5.75 Å². The molecule has 0 N–H and O–H groups in total. The number of rotatable bonds is 4. The molecule has 2 unspecified atom stereocenters. The van der Waals surface area contributed by atoms with Crippen LogP contribution in [0.1, 0.15) is 47.0 Å². The highest BCUT2D eigenvalue weighted by molar-refractivity contribution is 7.89. The minimum atomic E-state index is -3.00. The molecule has 0 amide bonds. The van der Waals surface area contributed by atoms with Gasteiger partial charge in [-0.2, -0.15) is 0 Å². The fraction of sp³-hybridized carbons (Fsp3) is 1.00. The summed E-state index contributed by atoms with van der Waals surface area (Å²) in [6, 6.07) is 0. The molecule has 0 aromatic heterocycles. The molecule has 1 aliphatic heterocycles. The molecule has 0 spiro atoms. The molecule has 1 aliphatic rings. The molecular formula is C12H25NO2S. The van der Waals surface area contributed by atoms with Gasteiger partial charge in [-0.3, -0.25) is 0 Å². The Hall–Kier alpha value is -0.0900. The maximum Gasteiger partial charge on any atom is 0.213 e. The van der Waals surface area contributed by atoms with E-state index in [9.17, 15) is 8.42 Å². The molecule has 0 aromatic carbocycles. The Morgan fingerprint density at radius 1 is 1.38 bits per heavy atom. The Kier molecular flexibility index (Phi) is 4.41. The summed E-state index contributed by atoms with van der Waals surface area (Å²) < 4.78 is 25.5. The Morgan fingerprint density at radius 2 is 2.00 bits per heavy atom. The number of nitrogens with zero attached hydrogens (tertiary/aromatic N) is 1. The topological polar surface area (TPSA) is 37.4 Å². The Morgan fingerprint density at radius 3 is 2.50 bits per heavy atom. The molecule has 96 valence electrons. The number of sulfonamides is 1. The summed E-state index contributed by atoms with van der Waals surface area (Å²) in [5.41, 5.74) is 0.162. The lowest BCUT2D eigenvalue weighted by Gasteiger charge is -2.43. The van der Waals surface area contributed by atoms with Gasteiger partial charge in [-0.05, 0) is 31.1 Å². The zero-order valence-corrected chi connectivity index (χ0v) is 11.8. The predicted octanol–water partition coefficient (Wildman–Crippen LogP) is 2.48. The number of hydrogen-bond acceptors (Lipinski definition) is 2. The van der Waals surface area contributed by atoms with Crippen LogP contribution in [0.3, 0.4) is 0 Å². The zero-order chi connectivity index (χ0) is 12.4. The maximum atomic E-state index is 11.9. The zero-order valence-electron chi connectivity index (χ0n) is 11.0. The fourth-order valence-electron chi connectivity index (χ4n) is 2.54. The van der Waals surface area contributed by atoms with Gasteiger partial charge >= 0.3 is 0 Å². The smallest absolute Gasteiger partial charge is 0.212 e. The summed E-state index contributed by atoms with van der Waals surface area (Å²) in [5.74, 6) is 0.811. The van der Waals surface area contributed by atoms with Crippen molar-refractivity contribution in [2.24, 2.45) is 11.3 Å². The van der Waals surface area contributed by atoms with Crippen LogP contribution < -0.4 is 0 Å². The second-order valence-electron chi connectivity index (χ2n) is 5.30. The van der Waals surface area contributed by atoms with Gasteiger partial charge in [0.25, 0.3) is 0 Å². The van der Waals surface area contributed by atoms with Gasteiger partial charge in [-0.25, -0.2) is 12.7 Å². The summed E-state index contributed by atoms with van der Waals surface area (Å²) in [4.78, 5) is 0. The Balaban J connectivity index is 2.82. The lowest BCUT2D eigenvalue weighted by molar-refractivity contribution is 0.0990. The minimum Gasteiger partial charge on any atom is -0.212 e. The highest BCUT2D eigenvalue weighted by Crippen LogP contribution is 2.39. The van der Waals surface area contributed by atoms with Gasteiger partial charge in [0, 0.05) is 13.1 Å². The molecule has 4 heteroatoms. The minimum absolute atomic E-state index is 0.162. The first kappa shape index (κ1) is 14.0. The molecule has 1 fully saturated rings. The molecule has 0 radical (unpaired) electrons. The molecule has 0 aromatic rings. The van der Waals surface area contributed by atoms with Gasteiger partial charge in [-0.15, -0.1) is 0 Å². The normalized spacial score (nSPS) is 30.2. The standard InChI is InChI=1S/C12H25NO2S/c1-5-11(3)12(4)8-7-9-13(10-12)16(14,15)6-2/h11H,5-10H2,1-4H3. The van der Waals surface area contributed by atoms with Gasteiger partial charge < -0.3 is 0 Å². The lowest BCUT2D eigenvalue weighted by Crippen LogP contribution is -2.47. The van der Waals surface area contributed by atoms with Gasteiger partial charge in [0.1, 0.15) is 0 Å². The second kappa shape index (κ2) is 5.05. The van der Waals surface area contributed by atoms with Crippen molar-refractivity contribution in [3.05, 3.63) is 0 Å². The van der Waals surface area contributed by atoms with Crippen molar-refractivity contribution < 1.29 is 8.42 Å². The quantitative estimate of drug-likeness (QED) is 0.765. The summed E-state index contributed by atoms with van der Waals surface area (Å²) >= 11 is 0. The summed E-state index contributed by atoms with van der Waals surface area (Å²) in [6.07, 6.45) is 3.27. The Labute approximate surface area is 100 Å². The Bertz CT molecular complexity index is 326. The van der Waals surface area contributed by atoms with Crippen LogP contribution >= 0.6 is 0 Å². The maximum absolute atomic E-state index is 11.9. The first-order valence-corrected chi connectivity index (χ1v) is 7.94. The van der Waals surface area contributed by atoms with Crippen molar-refractivity contribution in [2.45, 2.75) is 47.0 Å². The highest BCUT2D eigenvalue weighted by atomic mass is 32.2. The van der Waals surface area contributed by atoms with Crippen molar-refractivity contribution in [1.29, 1.82) is 0 Å². The average Bonchev–Trinajstić information content (AvgIpc) is 2.28. The second-order valence-corrected chi connectivity index (χ2v) is 7.56. The predicted molar refractivity (Wildman–Crippen MR) is 67.8 cm³/mol. The van der Waals surface area contributed by atoms with E-state index < -0.39 is 10.0 Å². The lowest BCUT2D eigenvalue weighted by atomic mass is 9.72. The van der Waals surface area contributed by atoms with E-state index in [1.165, 1.54) is 0 Å². The van der Waals surface area contributed by atoms with Crippen molar-refractivity contribution in [1.82, 2.24) is 4.31 Å². The van der Waals surface area contributed by atoms with Gasteiger partial charge in [-0.1, -0.05) is 27.2 Å². The monoisotopic (exact) mass is 247 g/mol. The van der Waals surface area contributed by atoms with Crippen molar-refractivity contribution >= 4 is 10.0 Å². The third-order valence-electron chi connectivity index (χ3n) is 4.25. The fourth-order valence-corrected chi connectivity index (χ4v) is 3.80. The van der Waals surface area contributed by atoms with Crippen molar-refractivity contribution in [2.75, 3.05) is 18.8 Å². The van der Waals surface area contributed by atoms with Gasteiger partial charge in [0.2, 0.25) is 10.0 Å². The summed E-state index contributed by atoms with van der Waals surface area (Å²) in [5, 5.41) is 0. The van der Waals surface area contributed by atoms with E-state index in [1.807, 2.05) is 0 Å². The van der Waals surface area contributed by atoms with E-state index in [2.05, 4.69) is 20.8 Å². The van der Waals surface area contributed by atoms with E-state index in [-0.39, 0.29) is 11.2 Å². The first-order chi connectivity index (χ1) is 7.35. The van der Waals surface area contributed by atoms with Crippen LogP contribution in [0.25, 0.3) is 0 Å². The van der Waals surface area contributed by atoms with Crippen LogP contribution in [-0.2, 0) is 10.0 Å². The summed E-state index contributed by atoms with van der Waals surface area (Å²) in [7, 11) is -3.00. The van der Waals surface area contributed by atoms with E-state index in [1.54, 1.807) is 11.2 Å². The first-order valence-electron chi connectivity index (χ1n) is 6.33. The largest absolute Gasteiger partial charge is 0.213 e. The molecule has 0 saturated carbocycles. The molecule has 1 heterocycles. The third-order valence-corrected chi connectivity index (χ3v) is 6.08.